The molecular weight excluding hydrogens is 373 g/mol. The maximum atomic E-state index is 14.3. The number of piperidine rings is 1. The van der Waals surface area contributed by atoms with Gasteiger partial charge in [-0.2, -0.15) is 5.10 Å². The average Bonchev–Trinajstić information content (AvgIpc) is 3.38. The average molecular weight is 397 g/mol. The van der Waals surface area contributed by atoms with E-state index in [1.54, 1.807) is 34.1 Å². The number of amides is 1. The monoisotopic (exact) mass is 397 g/mol. The van der Waals surface area contributed by atoms with E-state index in [1.807, 2.05) is 6.92 Å². The lowest BCUT2D eigenvalue weighted by Gasteiger charge is -2.31. The minimum atomic E-state index is -0.389. The summed E-state index contributed by atoms with van der Waals surface area (Å²) in [7, 11) is 0. The van der Waals surface area contributed by atoms with Gasteiger partial charge >= 0.3 is 0 Å². The molecule has 2 aromatic heterocycles. The van der Waals surface area contributed by atoms with Crippen molar-refractivity contribution in [3.8, 4) is 5.69 Å². The molecule has 3 heterocycles. The number of likely N-dealkylation sites (tertiary alicyclic amines) is 1. The van der Waals surface area contributed by atoms with E-state index < -0.39 is 0 Å². The molecule has 1 saturated heterocycles. The smallest absolute Gasteiger partial charge is 0.293 e. The highest BCUT2D eigenvalue weighted by molar-refractivity contribution is 5.90. The Balaban J connectivity index is 1.55. The molecular formula is C20H24FN7O. The van der Waals surface area contributed by atoms with Crippen LogP contribution in [-0.4, -0.2) is 53.4 Å². The van der Waals surface area contributed by atoms with Gasteiger partial charge < -0.3 is 4.90 Å². The quantitative estimate of drug-likeness (QED) is 0.638. The van der Waals surface area contributed by atoms with Crippen LogP contribution < -0.4 is 0 Å². The molecule has 3 aromatic rings. The molecule has 0 N–H and O–H groups in total. The van der Waals surface area contributed by atoms with Crippen molar-refractivity contribution >= 4 is 5.91 Å². The third-order valence-electron chi connectivity index (χ3n) is 5.14. The zero-order chi connectivity index (χ0) is 20.2. The van der Waals surface area contributed by atoms with Crippen LogP contribution in [0.3, 0.4) is 0 Å². The van der Waals surface area contributed by atoms with E-state index in [-0.39, 0.29) is 17.5 Å². The maximum Gasteiger partial charge on any atom is 0.293 e. The van der Waals surface area contributed by atoms with Crippen LogP contribution in [0.5, 0.6) is 0 Å². The number of carbonyl (C=O) groups excluding carboxylic acids is 1. The number of hydrogen-bond acceptors (Lipinski definition) is 5. The second-order valence-corrected chi connectivity index (χ2v) is 7.34. The summed E-state index contributed by atoms with van der Waals surface area (Å²) >= 11 is 0. The maximum absolute atomic E-state index is 14.3. The van der Waals surface area contributed by atoms with E-state index in [1.165, 1.54) is 17.1 Å². The fraction of sp³-hybridized carbons (Fsp3) is 0.450. The zero-order valence-electron chi connectivity index (χ0n) is 16.4. The van der Waals surface area contributed by atoms with Gasteiger partial charge in [0, 0.05) is 26.1 Å². The highest BCUT2D eigenvalue weighted by Crippen LogP contribution is 2.21. The summed E-state index contributed by atoms with van der Waals surface area (Å²) in [6.07, 6.45) is 6.59. The predicted molar refractivity (Wildman–Crippen MR) is 104 cm³/mol. The fourth-order valence-electron chi connectivity index (χ4n) is 3.77. The second-order valence-electron chi connectivity index (χ2n) is 7.34. The van der Waals surface area contributed by atoms with Gasteiger partial charge in [0.1, 0.15) is 30.0 Å². The molecule has 4 rings (SSSR count). The lowest BCUT2D eigenvalue weighted by Crippen LogP contribution is -2.41. The van der Waals surface area contributed by atoms with Crippen molar-refractivity contribution in [3.63, 3.8) is 0 Å². The summed E-state index contributed by atoms with van der Waals surface area (Å²) in [6, 6.07) is 6.40. The van der Waals surface area contributed by atoms with Crippen LogP contribution >= 0.6 is 0 Å². The van der Waals surface area contributed by atoms with Crippen molar-refractivity contribution in [2.75, 3.05) is 13.1 Å². The number of aryl methyl sites for hydroxylation is 1. The summed E-state index contributed by atoms with van der Waals surface area (Å²) in [6.45, 7) is 4.03. The van der Waals surface area contributed by atoms with Gasteiger partial charge in [-0.3, -0.25) is 9.48 Å². The molecule has 0 saturated carbocycles. The van der Waals surface area contributed by atoms with E-state index in [2.05, 4.69) is 20.2 Å². The summed E-state index contributed by atoms with van der Waals surface area (Å²) < 4.78 is 17.6. The number of carbonyl (C=O) groups is 1. The molecule has 29 heavy (non-hydrogen) atoms. The number of aromatic nitrogens is 6. The van der Waals surface area contributed by atoms with Gasteiger partial charge in [0.05, 0.1) is 0 Å². The number of benzene rings is 1. The van der Waals surface area contributed by atoms with Gasteiger partial charge in [0.25, 0.3) is 5.91 Å². The van der Waals surface area contributed by atoms with Crippen molar-refractivity contribution in [1.29, 1.82) is 0 Å². The van der Waals surface area contributed by atoms with Crippen LogP contribution in [0, 0.1) is 11.7 Å². The minimum absolute atomic E-state index is 0.123. The molecule has 0 spiro atoms. The van der Waals surface area contributed by atoms with Gasteiger partial charge in [-0.1, -0.05) is 19.1 Å². The number of para-hydroxylation sites is 1. The van der Waals surface area contributed by atoms with E-state index in [0.717, 1.165) is 25.8 Å². The molecule has 0 aliphatic carbocycles. The van der Waals surface area contributed by atoms with Crippen molar-refractivity contribution in [1.82, 2.24) is 34.4 Å². The van der Waals surface area contributed by atoms with Crippen LogP contribution in [0.15, 0.2) is 36.9 Å². The Morgan fingerprint density at radius 3 is 2.93 bits per heavy atom. The third kappa shape index (κ3) is 4.18. The molecule has 1 fully saturated rings. The Kier molecular flexibility index (Phi) is 5.64. The third-order valence-corrected chi connectivity index (χ3v) is 5.14. The molecule has 1 amide bonds. The van der Waals surface area contributed by atoms with E-state index >= 15 is 0 Å². The first-order chi connectivity index (χ1) is 14.2. The number of rotatable bonds is 6. The Hall–Kier alpha value is -3.10. The van der Waals surface area contributed by atoms with E-state index in [9.17, 15) is 9.18 Å². The predicted octanol–water partition coefficient (Wildman–Crippen LogP) is 2.50. The molecule has 1 aliphatic rings. The van der Waals surface area contributed by atoms with E-state index in [4.69, 9.17) is 0 Å². The zero-order valence-corrected chi connectivity index (χ0v) is 16.4. The Morgan fingerprint density at radius 1 is 1.31 bits per heavy atom. The molecule has 9 heteroatoms. The molecule has 1 atom stereocenters. The summed E-state index contributed by atoms with van der Waals surface area (Å²) in [4.78, 5) is 23.3. The first-order valence-electron chi connectivity index (χ1n) is 9.98. The van der Waals surface area contributed by atoms with Crippen LogP contribution in [0.2, 0.25) is 0 Å². The summed E-state index contributed by atoms with van der Waals surface area (Å²) in [5.41, 5.74) is 0.310. The van der Waals surface area contributed by atoms with Crippen LogP contribution in [-0.2, 0) is 13.0 Å². The van der Waals surface area contributed by atoms with Crippen molar-refractivity contribution < 1.29 is 9.18 Å². The lowest BCUT2D eigenvalue weighted by molar-refractivity contribution is 0.0647. The topological polar surface area (TPSA) is 81.7 Å². The first-order valence-corrected chi connectivity index (χ1v) is 9.98. The Bertz CT molecular complexity index is 969. The second kappa shape index (κ2) is 8.50. The highest BCUT2D eigenvalue weighted by atomic mass is 19.1. The van der Waals surface area contributed by atoms with Gasteiger partial charge in [0.15, 0.2) is 0 Å². The first kappa shape index (κ1) is 19.2. The van der Waals surface area contributed by atoms with E-state index in [0.29, 0.717) is 36.9 Å². The highest BCUT2D eigenvalue weighted by Gasteiger charge is 2.28. The molecule has 0 radical (unpaired) electrons. The van der Waals surface area contributed by atoms with Gasteiger partial charge in [-0.25, -0.2) is 19.0 Å². The number of hydrogen-bond donors (Lipinski definition) is 0. The largest absolute Gasteiger partial charge is 0.336 e. The number of nitrogens with zero attached hydrogens (tertiary/aromatic N) is 7. The normalized spacial score (nSPS) is 16.9. The van der Waals surface area contributed by atoms with Crippen molar-refractivity contribution in [2.45, 2.75) is 39.2 Å². The van der Waals surface area contributed by atoms with Crippen molar-refractivity contribution in [3.05, 3.63) is 54.4 Å². The van der Waals surface area contributed by atoms with Crippen LogP contribution in [0.25, 0.3) is 5.69 Å². The summed E-state index contributed by atoms with van der Waals surface area (Å²) in [5.74, 6) is 0.425. The molecule has 1 aromatic carbocycles. The van der Waals surface area contributed by atoms with Gasteiger partial charge in [-0.05, 0) is 37.3 Å². The molecule has 0 bridgehead atoms. The molecule has 152 valence electrons. The fourth-order valence-corrected chi connectivity index (χ4v) is 3.77. The van der Waals surface area contributed by atoms with Gasteiger partial charge in [-0.15, -0.1) is 5.10 Å². The Morgan fingerprint density at radius 2 is 2.17 bits per heavy atom. The van der Waals surface area contributed by atoms with Crippen LogP contribution in [0.4, 0.5) is 4.39 Å². The SMILES string of the molecule is CCCc1nc(C(=O)N2CCCC(Cn3cncn3)C2)nn1-c1ccccc1F. The lowest BCUT2D eigenvalue weighted by atomic mass is 9.98. The van der Waals surface area contributed by atoms with Crippen molar-refractivity contribution in [2.24, 2.45) is 5.92 Å². The number of halogens is 1. The molecule has 8 nitrogen and oxygen atoms in total. The Labute approximate surface area is 168 Å². The molecule has 1 aliphatic heterocycles. The standard InChI is InChI=1S/C20H24FN7O/c1-2-6-18-24-19(25-28(18)17-9-4-3-8-16(17)21)20(29)26-10-5-7-15(11-26)12-27-14-22-13-23-27/h3-4,8-9,13-15H,2,5-7,10-12H2,1H3. The molecule has 1 unspecified atom stereocenters. The van der Waals surface area contributed by atoms with Gasteiger partial charge in [0.2, 0.25) is 5.82 Å². The minimum Gasteiger partial charge on any atom is -0.336 e. The van der Waals surface area contributed by atoms with Crippen LogP contribution in [0.1, 0.15) is 42.6 Å². The summed E-state index contributed by atoms with van der Waals surface area (Å²) in [5, 5.41) is 8.54.